The maximum absolute atomic E-state index is 10.7. The van der Waals surface area contributed by atoms with E-state index in [0.717, 1.165) is 6.42 Å². The number of rotatable bonds is 3. The van der Waals surface area contributed by atoms with Crippen LogP contribution >= 0.6 is 0 Å². The van der Waals surface area contributed by atoms with Gasteiger partial charge >= 0.3 is 5.97 Å². The maximum Gasteiger partial charge on any atom is 0.323 e. The summed E-state index contributed by atoms with van der Waals surface area (Å²) in [6.07, 6.45) is 0.721. The van der Waals surface area contributed by atoms with E-state index in [4.69, 9.17) is 5.11 Å². The van der Waals surface area contributed by atoms with Crippen LogP contribution in [0.3, 0.4) is 0 Å². The zero-order valence-electron chi connectivity index (χ0n) is 5.67. The molecule has 0 aromatic rings. The fourth-order valence-corrected chi connectivity index (χ4v) is 0.920. The van der Waals surface area contributed by atoms with Gasteiger partial charge in [-0.3, -0.25) is 4.79 Å². The topological polar surface area (TPSA) is 58.6 Å². The molecule has 0 aromatic heterocycles. The van der Waals surface area contributed by atoms with E-state index in [0.29, 0.717) is 13.2 Å². The second kappa shape index (κ2) is 3.53. The van der Waals surface area contributed by atoms with Crippen LogP contribution in [0.15, 0.2) is 0 Å². The first-order chi connectivity index (χ1) is 4.84. The molecule has 58 valence electrons. The maximum atomic E-state index is 10.7. The SMILES string of the molecule is O=C1OCCC1NCCO. The van der Waals surface area contributed by atoms with Crippen molar-refractivity contribution in [1.29, 1.82) is 0 Å². The van der Waals surface area contributed by atoms with Crippen molar-refractivity contribution in [1.82, 2.24) is 5.32 Å². The molecule has 1 aliphatic rings. The fourth-order valence-electron chi connectivity index (χ4n) is 0.920. The van der Waals surface area contributed by atoms with E-state index in [-0.39, 0.29) is 18.6 Å². The summed E-state index contributed by atoms with van der Waals surface area (Å²) in [5.74, 6) is -0.201. The number of nitrogens with one attached hydrogen (secondary N) is 1. The number of hydrogen-bond donors (Lipinski definition) is 2. The Morgan fingerprint density at radius 3 is 3.10 bits per heavy atom. The Bertz CT molecular complexity index is 126. The van der Waals surface area contributed by atoms with Crippen molar-refractivity contribution in [3.05, 3.63) is 0 Å². The van der Waals surface area contributed by atoms with Crippen molar-refractivity contribution in [2.24, 2.45) is 0 Å². The van der Waals surface area contributed by atoms with Crippen LogP contribution in [0.2, 0.25) is 0 Å². The minimum Gasteiger partial charge on any atom is -0.464 e. The zero-order valence-corrected chi connectivity index (χ0v) is 5.67. The molecule has 0 radical (unpaired) electrons. The largest absolute Gasteiger partial charge is 0.464 e. The molecule has 4 nitrogen and oxygen atoms in total. The van der Waals surface area contributed by atoms with Gasteiger partial charge in [0.2, 0.25) is 0 Å². The average Bonchev–Trinajstić information content (AvgIpc) is 2.31. The first-order valence-electron chi connectivity index (χ1n) is 3.35. The van der Waals surface area contributed by atoms with E-state index in [1.54, 1.807) is 0 Å². The zero-order chi connectivity index (χ0) is 7.40. The van der Waals surface area contributed by atoms with Gasteiger partial charge in [-0.1, -0.05) is 0 Å². The number of esters is 1. The van der Waals surface area contributed by atoms with Crippen molar-refractivity contribution in [3.8, 4) is 0 Å². The van der Waals surface area contributed by atoms with Gasteiger partial charge in [0, 0.05) is 13.0 Å². The summed E-state index contributed by atoms with van der Waals surface area (Å²) in [4.78, 5) is 10.7. The molecule has 10 heavy (non-hydrogen) atoms. The van der Waals surface area contributed by atoms with Crippen LogP contribution in [0.25, 0.3) is 0 Å². The Kier molecular flexibility index (Phi) is 2.65. The minimum absolute atomic E-state index is 0.0593. The predicted octanol–water partition coefficient (Wildman–Crippen LogP) is -1.12. The van der Waals surface area contributed by atoms with Crippen LogP contribution in [-0.2, 0) is 9.53 Å². The highest BCUT2D eigenvalue weighted by Crippen LogP contribution is 2.04. The van der Waals surface area contributed by atoms with Gasteiger partial charge in [-0.15, -0.1) is 0 Å². The van der Waals surface area contributed by atoms with Gasteiger partial charge in [-0.2, -0.15) is 0 Å². The van der Waals surface area contributed by atoms with Gasteiger partial charge in [0.1, 0.15) is 6.04 Å². The Hall–Kier alpha value is -0.610. The highest BCUT2D eigenvalue weighted by molar-refractivity contribution is 5.77. The van der Waals surface area contributed by atoms with E-state index in [1.165, 1.54) is 0 Å². The smallest absolute Gasteiger partial charge is 0.323 e. The minimum atomic E-state index is -0.201. The predicted molar refractivity (Wildman–Crippen MR) is 34.5 cm³/mol. The lowest BCUT2D eigenvalue weighted by Crippen LogP contribution is -2.34. The van der Waals surface area contributed by atoms with Gasteiger partial charge in [0.05, 0.1) is 13.2 Å². The molecule has 0 aromatic carbocycles. The number of carbonyl (C=O) groups excluding carboxylic acids is 1. The molecule has 1 atom stereocenters. The number of aliphatic hydroxyl groups is 1. The van der Waals surface area contributed by atoms with Gasteiger partial charge in [0.15, 0.2) is 0 Å². The molecule has 4 heteroatoms. The number of hydrogen-bond acceptors (Lipinski definition) is 4. The Morgan fingerprint density at radius 1 is 1.80 bits per heavy atom. The molecule has 1 heterocycles. The Morgan fingerprint density at radius 2 is 2.60 bits per heavy atom. The van der Waals surface area contributed by atoms with Crippen molar-refractivity contribution in [3.63, 3.8) is 0 Å². The van der Waals surface area contributed by atoms with Crippen LogP contribution in [0, 0.1) is 0 Å². The van der Waals surface area contributed by atoms with Gasteiger partial charge in [-0.05, 0) is 0 Å². The first kappa shape index (κ1) is 7.50. The fraction of sp³-hybridized carbons (Fsp3) is 0.833. The third-order valence-corrected chi connectivity index (χ3v) is 1.44. The molecule has 0 bridgehead atoms. The Balaban J connectivity index is 2.20. The summed E-state index contributed by atoms with van der Waals surface area (Å²) in [5.41, 5.74) is 0. The summed E-state index contributed by atoms with van der Waals surface area (Å²) in [6, 6.07) is -0.188. The molecule has 0 spiro atoms. The van der Waals surface area contributed by atoms with Gasteiger partial charge in [-0.25, -0.2) is 0 Å². The van der Waals surface area contributed by atoms with Crippen molar-refractivity contribution < 1.29 is 14.6 Å². The molecule has 1 aliphatic heterocycles. The quantitative estimate of drug-likeness (QED) is 0.494. The lowest BCUT2D eigenvalue weighted by atomic mass is 10.2. The molecule has 0 aliphatic carbocycles. The standard InChI is InChI=1S/C6H11NO3/c8-3-2-7-5-1-4-10-6(5)9/h5,7-8H,1-4H2. The van der Waals surface area contributed by atoms with E-state index in [1.807, 2.05) is 0 Å². The number of aliphatic hydroxyl groups excluding tert-OH is 1. The summed E-state index contributed by atoms with van der Waals surface area (Å²) in [5, 5.41) is 11.3. The van der Waals surface area contributed by atoms with Crippen molar-refractivity contribution >= 4 is 5.97 Å². The number of carbonyl (C=O) groups is 1. The first-order valence-corrected chi connectivity index (χ1v) is 3.35. The lowest BCUT2D eigenvalue weighted by molar-refractivity contribution is -0.139. The molecule has 1 unspecified atom stereocenters. The number of ether oxygens (including phenoxy) is 1. The normalized spacial score (nSPS) is 24.9. The summed E-state index contributed by atoms with van der Waals surface area (Å²) in [6.45, 7) is 1.02. The van der Waals surface area contributed by atoms with E-state index in [2.05, 4.69) is 10.1 Å². The van der Waals surface area contributed by atoms with Crippen LogP contribution in [0.5, 0.6) is 0 Å². The van der Waals surface area contributed by atoms with Crippen LogP contribution < -0.4 is 5.32 Å². The van der Waals surface area contributed by atoms with Gasteiger partial charge < -0.3 is 15.2 Å². The monoisotopic (exact) mass is 145 g/mol. The lowest BCUT2D eigenvalue weighted by Gasteiger charge is -2.04. The molecule has 1 saturated heterocycles. The summed E-state index contributed by atoms with van der Waals surface area (Å²) in [7, 11) is 0. The third-order valence-electron chi connectivity index (χ3n) is 1.44. The molecule has 2 N–H and O–H groups in total. The summed E-state index contributed by atoms with van der Waals surface area (Å²) >= 11 is 0. The molecule has 0 amide bonds. The van der Waals surface area contributed by atoms with Crippen LogP contribution in [0.4, 0.5) is 0 Å². The van der Waals surface area contributed by atoms with E-state index >= 15 is 0 Å². The molecule has 1 fully saturated rings. The molecular formula is C6H11NO3. The second-order valence-electron chi connectivity index (χ2n) is 2.19. The van der Waals surface area contributed by atoms with Gasteiger partial charge in [0.25, 0.3) is 0 Å². The van der Waals surface area contributed by atoms with Crippen molar-refractivity contribution in [2.45, 2.75) is 12.5 Å². The summed E-state index contributed by atoms with van der Waals surface area (Å²) < 4.78 is 4.68. The van der Waals surface area contributed by atoms with Crippen molar-refractivity contribution in [2.75, 3.05) is 19.8 Å². The van der Waals surface area contributed by atoms with Crippen LogP contribution in [0.1, 0.15) is 6.42 Å². The van der Waals surface area contributed by atoms with E-state index in [9.17, 15) is 4.79 Å². The van der Waals surface area contributed by atoms with Crippen LogP contribution in [-0.4, -0.2) is 36.9 Å². The second-order valence-corrected chi connectivity index (χ2v) is 2.19. The van der Waals surface area contributed by atoms with E-state index < -0.39 is 0 Å². The molecule has 0 saturated carbocycles. The highest BCUT2D eigenvalue weighted by Gasteiger charge is 2.24. The molecule has 1 rings (SSSR count). The Labute approximate surface area is 59.2 Å². The average molecular weight is 145 g/mol. The number of cyclic esters (lactones) is 1. The third kappa shape index (κ3) is 1.68. The molecular weight excluding hydrogens is 134 g/mol. The highest BCUT2D eigenvalue weighted by atomic mass is 16.5.